The fourth-order valence-corrected chi connectivity index (χ4v) is 2.15. The van der Waals surface area contributed by atoms with Gasteiger partial charge < -0.3 is 0 Å². The van der Waals surface area contributed by atoms with Crippen LogP contribution in [0, 0.1) is 19.3 Å². The van der Waals surface area contributed by atoms with Crippen LogP contribution in [0.1, 0.15) is 49.9 Å². The molecule has 3 N–H and O–H groups in total. The Labute approximate surface area is 99.2 Å². The fraction of sp³-hybridized carbons (Fsp3) is 0.571. The monoisotopic (exact) mass is 220 g/mol. The van der Waals surface area contributed by atoms with Gasteiger partial charge in [0.1, 0.15) is 0 Å². The SMILES string of the molecule is CCC(C)(C)C(NN)c1cc(C)cc(C)c1. The lowest BCUT2D eigenvalue weighted by molar-refractivity contribution is 0.236. The number of aryl methyl sites for hydroxylation is 2. The van der Waals surface area contributed by atoms with Gasteiger partial charge in [-0.15, -0.1) is 0 Å². The van der Waals surface area contributed by atoms with Crippen LogP contribution in [0.2, 0.25) is 0 Å². The van der Waals surface area contributed by atoms with Crippen LogP contribution in [0.3, 0.4) is 0 Å². The first kappa shape index (κ1) is 13.2. The molecule has 0 aliphatic heterocycles. The molecule has 1 rings (SSSR count). The van der Waals surface area contributed by atoms with Crippen molar-refractivity contribution in [1.82, 2.24) is 5.43 Å². The summed E-state index contributed by atoms with van der Waals surface area (Å²) < 4.78 is 0. The topological polar surface area (TPSA) is 38.0 Å². The smallest absolute Gasteiger partial charge is 0.0511 e. The Hall–Kier alpha value is -0.860. The lowest BCUT2D eigenvalue weighted by atomic mass is 9.78. The van der Waals surface area contributed by atoms with Gasteiger partial charge in [-0.25, -0.2) is 0 Å². The van der Waals surface area contributed by atoms with Gasteiger partial charge in [-0.3, -0.25) is 11.3 Å². The zero-order valence-corrected chi connectivity index (χ0v) is 11.1. The lowest BCUT2D eigenvalue weighted by Crippen LogP contribution is -2.38. The van der Waals surface area contributed by atoms with Crippen LogP contribution < -0.4 is 11.3 Å². The van der Waals surface area contributed by atoms with Gasteiger partial charge in [-0.05, 0) is 31.2 Å². The number of rotatable bonds is 4. The fourth-order valence-electron chi connectivity index (χ4n) is 2.15. The van der Waals surface area contributed by atoms with Crippen molar-refractivity contribution < 1.29 is 0 Å². The van der Waals surface area contributed by atoms with E-state index in [1.165, 1.54) is 16.7 Å². The zero-order valence-electron chi connectivity index (χ0n) is 11.1. The third-order valence-electron chi connectivity index (χ3n) is 3.44. The summed E-state index contributed by atoms with van der Waals surface area (Å²) in [7, 11) is 0. The highest BCUT2D eigenvalue weighted by atomic mass is 15.2. The van der Waals surface area contributed by atoms with Crippen molar-refractivity contribution in [1.29, 1.82) is 0 Å². The van der Waals surface area contributed by atoms with Crippen molar-refractivity contribution in [3.8, 4) is 0 Å². The van der Waals surface area contributed by atoms with E-state index in [4.69, 9.17) is 5.84 Å². The summed E-state index contributed by atoms with van der Waals surface area (Å²) in [6.07, 6.45) is 1.09. The first-order chi connectivity index (χ1) is 7.40. The molecular formula is C14H24N2. The van der Waals surface area contributed by atoms with Crippen LogP contribution in [0.15, 0.2) is 18.2 Å². The molecule has 2 nitrogen and oxygen atoms in total. The summed E-state index contributed by atoms with van der Waals surface area (Å²) in [5.41, 5.74) is 7.00. The highest BCUT2D eigenvalue weighted by Gasteiger charge is 2.28. The average Bonchev–Trinajstić information content (AvgIpc) is 2.16. The minimum absolute atomic E-state index is 0.162. The Bertz CT molecular complexity index is 336. The van der Waals surface area contributed by atoms with Crippen LogP contribution in [0.25, 0.3) is 0 Å². The van der Waals surface area contributed by atoms with Crippen LogP contribution >= 0.6 is 0 Å². The molecule has 0 aliphatic carbocycles. The molecular weight excluding hydrogens is 196 g/mol. The van der Waals surface area contributed by atoms with Crippen molar-refractivity contribution >= 4 is 0 Å². The molecule has 1 aromatic carbocycles. The van der Waals surface area contributed by atoms with Gasteiger partial charge in [0, 0.05) is 0 Å². The molecule has 16 heavy (non-hydrogen) atoms. The normalized spacial score (nSPS) is 13.9. The predicted molar refractivity (Wildman–Crippen MR) is 70.1 cm³/mol. The lowest BCUT2D eigenvalue weighted by Gasteiger charge is -2.33. The van der Waals surface area contributed by atoms with Gasteiger partial charge in [0.05, 0.1) is 6.04 Å². The third kappa shape index (κ3) is 2.83. The summed E-state index contributed by atoms with van der Waals surface area (Å²) in [5, 5.41) is 0. The number of nitrogens with two attached hydrogens (primary N) is 1. The largest absolute Gasteiger partial charge is 0.271 e. The average molecular weight is 220 g/mol. The van der Waals surface area contributed by atoms with Gasteiger partial charge in [0.25, 0.3) is 0 Å². The second kappa shape index (κ2) is 4.98. The van der Waals surface area contributed by atoms with Crippen LogP contribution in [-0.2, 0) is 0 Å². The van der Waals surface area contributed by atoms with Gasteiger partial charge in [0.2, 0.25) is 0 Å². The molecule has 0 heterocycles. The Balaban J connectivity index is 3.13. The second-order valence-electron chi connectivity index (χ2n) is 5.36. The molecule has 0 aromatic heterocycles. The van der Waals surface area contributed by atoms with Gasteiger partial charge in [-0.1, -0.05) is 50.1 Å². The summed E-state index contributed by atoms with van der Waals surface area (Å²) >= 11 is 0. The molecule has 0 radical (unpaired) electrons. The van der Waals surface area contributed by atoms with E-state index in [0.29, 0.717) is 0 Å². The summed E-state index contributed by atoms with van der Waals surface area (Å²) in [5.74, 6) is 5.72. The molecule has 0 spiro atoms. The van der Waals surface area contributed by atoms with Crippen LogP contribution in [-0.4, -0.2) is 0 Å². The van der Waals surface area contributed by atoms with Crippen molar-refractivity contribution in [3.05, 3.63) is 34.9 Å². The third-order valence-corrected chi connectivity index (χ3v) is 3.44. The molecule has 1 aromatic rings. The van der Waals surface area contributed by atoms with Crippen LogP contribution in [0.4, 0.5) is 0 Å². The van der Waals surface area contributed by atoms with E-state index in [0.717, 1.165) is 6.42 Å². The van der Waals surface area contributed by atoms with Gasteiger partial charge in [-0.2, -0.15) is 0 Å². The Morgan fingerprint density at radius 1 is 1.19 bits per heavy atom. The number of hydrogen-bond donors (Lipinski definition) is 2. The molecule has 1 atom stereocenters. The van der Waals surface area contributed by atoms with Gasteiger partial charge in [0.15, 0.2) is 0 Å². The molecule has 0 aliphatic rings. The van der Waals surface area contributed by atoms with E-state index in [1.807, 2.05) is 0 Å². The van der Waals surface area contributed by atoms with Gasteiger partial charge >= 0.3 is 0 Å². The second-order valence-corrected chi connectivity index (χ2v) is 5.36. The molecule has 1 unspecified atom stereocenters. The standard InChI is InChI=1S/C14H24N2/c1-6-14(4,5)13(16-15)12-8-10(2)7-11(3)9-12/h7-9,13,16H,6,15H2,1-5H3. The summed E-state index contributed by atoms with van der Waals surface area (Å²) in [6, 6.07) is 6.83. The first-order valence-electron chi connectivity index (χ1n) is 5.95. The number of hydrazine groups is 1. The maximum absolute atomic E-state index is 5.72. The minimum Gasteiger partial charge on any atom is -0.271 e. The highest BCUT2D eigenvalue weighted by molar-refractivity contribution is 5.31. The summed E-state index contributed by atoms with van der Waals surface area (Å²) in [4.78, 5) is 0. The van der Waals surface area contributed by atoms with E-state index in [-0.39, 0.29) is 11.5 Å². The molecule has 0 fully saturated rings. The van der Waals surface area contributed by atoms with Crippen molar-refractivity contribution in [2.24, 2.45) is 11.3 Å². The maximum atomic E-state index is 5.72. The molecule has 2 heteroatoms. The Morgan fingerprint density at radius 3 is 2.06 bits per heavy atom. The predicted octanol–water partition coefficient (Wildman–Crippen LogP) is 3.24. The molecule has 0 amide bonds. The summed E-state index contributed by atoms with van der Waals surface area (Å²) in [6.45, 7) is 10.9. The van der Waals surface area contributed by atoms with E-state index >= 15 is 0 Å². The van der Waals surface area contributed by atoms with E-state index in [9.17, 15) is 0 Å². The van der Waals surface area contributed by atoms with Crippen molar-refractivity contribution in [2.75, 3.05) is 0 Å². The van der Waals surface area contributed by atoms with Crippen LogP contribution in [0.5, 0.6) is 0 Å². The molecule has 0 bridgehead atoms. The molecule has 0 saturated heterocycles. The Kier molecular flexibility index (Phi) is 4.11. The highest BCUT2D eigenvalue weighted by Crippen LogP contribution is 2.36. The Morgan fingerprint density at radius 2 is 1.69 bits per heavy atom. The molecule has 0 saturated carbocycles. The number of benzene rings is 1. The van der Waals surface area contributed by atoms with E-state index < -0.39 is 0 Å². The number of hydrogen-bond acceptors (Lipinski definition) is 2. The maximum Gasteiger partial charge on any atom is 0.0511 e. The first-order valence-corrected chi connectivity index (χ1v) is 5.95. The van der Waals surface area contributed by atoms with E-state index in [2.05, 4.69) is 58.2 Å². The molecule has 90 valence electrons. The van der Waals surface area contributed by atoms with Crippen molar-refractivity contribution in [3.63, 3.8) is 0 Å². The number of nitrogens with one attached hydrogen (secondary N) is 1. The van der Waals surface area contributed by atoms with Crippen molar-refractivity contribution in [2.45, 2.75) is 47.1 Å². The zero-order chi connectivity index (χ0) is 12.3. The van der Waals surface area contributed by atoms with E-state index in [1.54, 1.807) is 0 Å². The quantitative estimate of drug-likeness (QED) is 0.604. The minimum atomic E-state index is 0.162.